The first kappa shape index (κ1) is 19.0. The molecule has 0 N–H and O–H groups in total. The molecular weight excluding hydrogens is 352 g/mol. The Morgan fingerprint density at radius 3 is 1.62 bits per heavy atom. The van der Waals surface area contributed by atoms with Crippen molar-refractivity contribution in [1.29, 1.82) is 0 Å². The van der Waals surface area contributed by atoms with Crippen molar-refractivity contribution in [2.45, 2.75) is 26.1 Å². The SMILES string of the molecule is C=C(C)C(=O)OC1COC(=O)OC2=C1C(OC(=O)C(=C)C)COC(=O)O2. The van der Waals surface area contributed by atoms with Crippen LogP contribution in [0.1, 0.15) is 13.8 Å². The maximum atomic E-state index is 11.9. The van der Waals surface area contributed by atoms with E-state index in [0.29, 0.717) is 0 Å². The maximum Gasteiger partial charge on any atom is 0.516 e. The third-order valence-electron chi connectivity index (χ3n) is 3.18. The second-order valence-corrected chi connectivity index (χ2v) is 5.42. The molecule has 10 heteroatoms. The molecule has 2 aliphatic heterocycles. The first-order valence-corrected chi connectivity index (χ1v) is 7.35. The molecule has 0 aromatic heterocycles. The highest BCUT2D eigenvalue weighted by Gasteiger charge is 2.42. The average molecular weight is 368 g/mol. The molecule has 2 rings (SSSR count). The lowest BCUT2D eigenvalue weighted by Gasteiger charge is -2.23. The highest BCUT2D eigenvalue weighted by Crippen LogP contribution is 2.29. The van der Waals surface area contributed by atoms with Gasteiger partial charge in [0.25, 0.3) is 0 Å². The molecule has 0 fully saturated rings. The fourth-order valence-electron chi connectivity index (χ4n) is 1.94. The Morgan fingerprint density at radius 2 is 1.27 bits per heavy atom. The van der Waals surface area contributed by atoms with E-state index < -0.39 is 55.6 Å². The number of cyclic esters (lactones) is 2. The quantitative estimate of drug-likeness (QED) is 0.409. The van der Waals surface area contributed by atoms with Crippen LogP contribution in [0, 0.1) is 0 Å². The number of esters is 2. The zero-order valence-corrected chi connectivity index (χ0v) is 14.1. The lowest BCUT2D eigenvalue weighted by Crippen LogP contribution is -2.36. The summed E-state index contributed by atoms with van der Waals surface area (Å²) in [6.07, 6.45) is -4.94. The molecule has 0 aromatic carbocycles. The van der Waals surface area contributed by atoms with E-state index in [1.54, 1.807) is 0 Å². The van der Waals surface area contributed by atoms with E-state index in [4.69, 9.17) is 28.4 Å². The lowest BCUT2D eigenvalue weighted by atomic mass is 10.0. The minimum absolute atomic E-state index is 0.0704. The third kappa shape index (κ3) is 4.41. The van der Waals surface area contributed by atoms with Crippen molar-refractivity contribution in [3.8, 4) is 0 Å². The van der Waals surface area contributed by atoms with Gasteiger partial charge in [0.2, 0.25) is 0 Å². The van der Waals surface area contributed by atoms with Crippen LogP contribution in [0.2, 0.25) is 0 Å². The fraction of sp³-hybridized carbons (Fsp3) is 0.375. The largest absolute Gasteiger partial charge is 0.516 e. The van der Waals surface area contributed by atoms with E-state index in [-0.39, 0.29) is 16.7 Å². The topological polar surface area (TPSA) is 124 Å². The molecule has 0 spiro atoms. The van der Waals surface area contributed by atoms with Gasteiger partial charge < -0.3 is 28.4 Å². The van der Waals surface area contributed by atoms with Crippen molar-refractivity contribution in [3.05, 3.63) is 35.8 Å². The van der Waals surface area contributed by atoms with Gasteiger partial charge >= 0.3 is 30.2 Å². The van der Waals surface area contributed by atoms with Crippen LogP contribution in [-0.4, -0.2) is 49.7 Å². The zero-order valence-electron chi connectivity index (χ0n) is 14.1. The van der Waals surface area contributed by atoms with Crippen LogP contribution >= 0.6 is 0 Å². The van der Waals surface area contributed by atoms with Gasteiger partial charge in [-0.15, -0.1) is 0 Å². The van der Waals surface area contributed by atoms with Crippen LogP contribution in [0.15, 0.2) is 35.8 Å². The maximum absolute atomic E-state index is 11.9. The number of hydrogen-bond acceptors (Lipinski definition) is 10. The Balaban J connectivity index is 2.44. The van der Waals surface area contributed by atoms with Gasteiger partial charge in [-0.05, 0) is 13.8 Å². The molecule has 0 saturated heterocycles. The van der Waals surface area contributed by atoms with Gasteiger partial charge in [-0.1, -0.05) is 13.2 Å². The standard InChI is InChI=1S/C16H16O10/c1-7(2)12(17)23-9-5-21-15(19)25-14-11(9)10(6-22-16(20)26-14)24-13(18)8(3)4/h9-10H,1,3,5-6H2,2,4H3. The summed E-state index contributed by atoms with van der Waals surface area (Å²) in [6, 6.07) is 0. The van der Waals surface area contributed by atoms with Gasteiger partial charge in [0, 0.05) is 11.1 Å². The van der Waals surface area contributed by atoms with Crippen LogP contribution in [-0.2, 0) is 38.0 Å². The molecule has 0 amide bonds. The molecule has 0 radical (unpaired) electrons. The van der Waals surface area contributed by atoms with E-state index in [0.717, 1.165) is 0 Å². The Hall–Kier alpha value is -3.30. The van der Waals surface area contributed by atoms with Crippen LogP contribution in [0.3, 0.4) is 0 Å². The number of carbonyl (C=O) groups excluding carboxylic acids is 4. The Kier molecular flexibility index (Phi) is 5.65. The highest BCUT2D eigenvalue weighted by molar-refractivity contribution is 5.88. The smallest absolute Gasteiger partial charge is 0.450 e. The van der Waals surface area contributed by atoms with Crippen LogP contribution in [0.25, 0.3) is 0 Å². The van der Waals surface area contributed by atoms with Gasteiger partial charge in [0.05, 0.1) is 5.57 Å². The highest BCUT2D eigenvalue weighted by atomic mass is 16.8. The fourth-order valence-corrected chi connectivity index (χ4v) is 1.94. The number of rotatable bonds is 4. The summed E-state index contributed by atoms with van der Waals surface area (Å²) >= 11 is 0. The van der Waals surface area contributed by atoms with Gasteiger partial charge in [0.1, 0.15) is 13.2 Å². The van der Waals surface area contributed by atoms with Crippen molar-refractivity contribution in [2.75, 3.05) is 13.2 Å². The molecular formula is C16H16O10. The van der Waals surface area contributed by atoms with Gasteiger partial charge in [-0.2, -0.15) is 0 Å². The van der Waals surface area contributed by atoms with E-state index >= 15 is 0 Å². The molecule has 2 heterocycles. The molecule has 0 bridgehead atoms. The predicted molar refractivity (Wildman–Crippen MR) is 81.3 cm³/mol. The molecule has 10 nitrogen and oxygen atoms in total. The van der Waals surface area contributed by atoms with Crippen molar-refractivity contribution in [1.82, 2.24) is 0 Å². The first-order chi connectivity index (χ1) is 12.2. The van der Waals surface area contributed by atoms with Gasteiger partial charge in [-0.25, -0.2) is 19.2 Å². The summed E-state index contributed by atoms with van der Waals surface area (Å²) in [4.78, 5) is 46.9. The second-order valence-electron chi connectivity index (χ2n) is 5.42. The Morgan fingerprint density at radius 1 is 0.885 bits per heavy atom. The van der Waals surface area contributed by atoms with Crippen molar-refractivity contribution < 1.29 is 47.6 Å². The van der Waals surface area contributed by atoms with E-state index in [1.807, 2.05) is 0 Å². The Bertz CT molecular complexity index is 659. The van der Waals surface area contributed by atoms with Crippen LogP contribution < -0.4 is 0 Å². The average Bonchev–Trinajstić information content (AvgIpc) is 2.79. The van der Waals surface area contributed by atoms with Crippen LogP contribution in [0.4, 0.5) is 9.59 Å². The summed E-state index contributed by atoms with van der Waals surface area (Å²) < 4.78 is 29.5. The zero-order chi connectivity index (χ0) is 19.4. The van der Waals surface area contributed by atoms with Crippen molar-refractivity contribution in [2.24, 2.45) is 0 Å². The number of carbonyl (C=O) groups is 4. The second kappa shape index (κ2) is 7.72. The molecule has 2 atom stereocenters. The molecule has 0 aliphatic carbocycles. The summed E-state index contributed by atoms with van der Waals surface area (Å²) in [5.41, 5.74) is 0.0212. The normalized spacial score (nSPS) is 22.2. The summed E-state index contributed by atoms with van der Waals surface area (Å²) in [5.74, 6) is -2.25. The third-order valence-corrected chi connectivity index (χ3v) is 3.18. The van der Waals surface area contributed by atoms with Crippen molar-refractivity contribution >= 4 is 24.2 Å². The summed E-state index contributed by atoms with van der Waals surface area (Å²) in [6.45, 7) is 8.79. The molecule has 0 saturated carbocycles. The van der Waals surface area contributed by atoms with E-state index in [2.05, 4.69) is 13.2 Å². The van der Waals surface area contributed by atoms with E-state index in [1.165, 1.54) is 13.8 Å². The number of hydrogen-bond donors (Lipinski definition) is 0. The Labute approximate surface area is 147 Å². The molecule has 26 heavy (non-hydrogen) atoms. The summed E-state index contributed by atoms with van der Waals surface area (Å²) in [5, 5.41) is 0. The minimum atomic E-state index is -1.27. The first-order valence-electron chi connectivity index (χ1n) is 7.35. The summed E-state index contributed by atoms with van der Waals surface area (Å²) in [7, 11) is 0. The molecule has 2 unspecified atom stereocenters. The monoisotopic (exact) mass is 368 g/mol. The van der Waals surface area contributed by atoms with Crippen LogP contribution in [0.5, 0.6) is 0 Å². The molecule has 2 aliphatic rings. The minimum Gasteiger partial charge on any atom is -0.450 e. The molecule has 140 valence electrons. The van der Waals surface area contributed by atoms with E-state index in [9.17, 15) is 19.2 Å². The number of ether oxygens (including phenoxy) is 6. The lowest BCUT2D eigenvalue weighted by molar-refractivity contribution is -0.148. The van der Waals surface area contributed by atoms with Gasteiger partial charge in [0.15, 0.2) is 12.2 Å². The van der Waals surface area contributed by atoms with Crippen molar-refractivity contribution in [3.63, 3.8) is 0 Å². The molecule has 0 aromatic rings. The predicted octanol–water partition coefficient (Wildman–Crippen LogP) is 1.51. The van der Waals surface area contributed by atoms with Gasteiger partial charge in [-0.3, -0.25) is 0 Å².